The van der Waals surface area contributed by atoms with Gasteiger partial charge in [0.05, 0.1) is 13.1 Å². The molecule has 0 aliphatic rings. The Bertz CT molecular complexity index is 445. The molecule has 94 valence electrons. The zero-order valence-electron chi connectivity index (χ0n) is 10.4. The lowest BCUT2D eigenvalue weighted by atomic mass is 10.5. The molecule has 0 aliphatic carbocycles. The molecule has 1 heterocycles. The highest BCUT2D eigenvalue weighted by Gasteiger charge is 2.11. The van der Waals surface area contributed by atoms with Crippen LogP contribution in [0.4, 0.5) is 17.8 Å². The standard InChI is InChI=1S/C11H15N7/c1-5-7-17(3)10-13-9(16-12)14-11(15-10)18(4)8-6-2/h1-2H,7-8,12H2,3-4H3,(H,13,14,15,16). The van der Waals surface area contributed by atoms with Crippen molar-refractivity contribution in [1.82, 2.24) is 15.0 Å². The summed E-state index contributed by atoms with van der Waals surface area (Å²) < 4.78 is 0. The number of anilines is 3. The molecule has 7 heteroatoms. The Morgan fingerprint density at radius 2 is 1.50 bits per heavy atom. The van der Waals surface area contributed by atoms with Crippen LogP contribution in [0.15, 0.2) is 0 Å². The van der Waals surface area contributed by atoms with Crippen LogP contribution in [0.1, 0.15) is 0 Å². The molecule has 0 amide bonds. The van der Waals surface area contributed by atoms with Crippen LogP contribution in [0, 0.1) is 24.7 Å². The second-order valence-electron chi connectivity index (χ2n) is 3.52. The smallest absolute Gasteiger partial charge is 0.243 e. The molecule has 0 saturated carbocycles. The molecule has 0 aliphatic heterocycles. The number of aromatic nitrogens is 3. The van der Waals surface area contributed by atoms with E-state index >= 15 is 0 Å². The molecule has 0 spiro atoms. The number of nitrogens with zero attached hydrogens (tertiary/aromatic N) is 5. The Balaban J connectivity index is 3.10. The summed E-state index contributed by atoms with van der Waals surface area (Å²) in [5.41, 5.74) is 2.38. The summed E-state index contributed by atoms with van der Waals surface area (Å²) in [6.45, 7) is 0.763. The van der Waals surface area contributed by atoms with E-state index in [1.54, 1.807) is 23.9 Å². The van der Waals surface area contributed by atoms with Gasteiger partial charge >= 0.3 is 0 Å². The van der Waals surface area contributed by atoms with Crippen LogP contribution in [0.2, 0.25) is 0 Å². The van der Waals surface area contributed by atoms with Gasteiger partial charge in [0, 0.05) is 14.1 Å². The third-order valence-corrected chi connectivity index (χ3v) is 2.08. The Hall–Kier alpha value is -2.51. The predicted octanol–water partition coefficient (Wildman–Crippen LogP) is -0.704. The molecule has 0 radical (unpaired) electrons. The molecule has 7 nitrogen and oxygen atoms in total. The van der Waals surface area contributed by atoms with Gasteiger partial charge in [0.2, 0.25) is 17.8 Å². The number of rotatable bonds is 5. The van der Waals surface area contributed by atoms with Crippen LogP contribution in [-0.4, -0.2) is 42.1 Å². The fourth-order valence-corrected chi connectivity index (χ4v) is 1.18. The molecule has 1 aromatic heterocycles. The topological polar surface area (TPSA) is 83.2 Å². The zero-order chi connectivity index (χ0) is 13.5. The number of nitrogens with one attached hydrogen (secondary N) is 1. The van der Waals surface area contributed by atoms with Crippen molar-refractivity contribution >= 4 is 17.8 Å². The first-order chi connectivity index (χ1) is 8.62. The molecule has 0 unspecified atom stereocenters. The molecule has 0 fully saturated rings. The van der Waals surface area contributed by atoms with E-state index in [-0.39, 0.29) is 5.95 Å². The van der Waals surface area contributed by atoms with Gasteiger partial charge in [-0.25, -0.2) is 5.84 Å². The van der Waals surface area contributed by atoms with E-state index < -0.39 is 0 Å². The average molecular weight is 245 g/mol. The maximum absolute atomic E-state index is 5.32. The largest absolute Gasteiger partial charge is 0.333 e. The van der Waals surface area contributed by atoms with Crippen LogP contribution in [0.25, 0.3) is 0 Å². The number of hydrazine groups is 1. The Labute approximate surface area is 106 Å². The van der Waals surface area contributed by atoms with Crippen molar-refractivity contribution in [3.63, 3.8) is 0 Å². The third-order valence-electron chi connectivity index (χ3n) is 2.08. The van der Waals surface area contributed by atoms with Crippen molar-refractivity contribution in [2.75, 3.05) is 42.4 Å². The van der Waals surface area contributed by atoms with E-state index in [2.05, 4.69) is 32.2 Å². The van der Waals surface area contributed by atoms with Gasteiger partial charge in [0.1, 0.15) is 0 Å². The van der Waals surface area contributed by atoms with Crippen LogP contribution in [0.3, 0.4) is 0 Å². The molecular formula is C11H15N7. The van der Waals surface area contributed by atoms with Crippen molar-refractivity contribution in [3.05, 3.63) is 0 Å². The molecule has 0 bridgehead atoms. The maximum Gasteiger partial charge on any atom is 0.243 e. The SMILES string of the molecule is C#CCN(C)c1nc(NN)nc(N(C)CC#C)n1. The van der Waals surface area contributed by atoms with Gasteiger partial charge in [-0.15, -0.1) is 12.8 Å². The lowest BCUT2D eigenvalue weighted by molar-refractivity contribution is 0.880. The van der Waals surface area contributed by atoms with Crippen molar-refractivity contribution in [3.8, 4) is 24.7 Å². The summed E-state index contributed by atoms with van der Waals surface area (Å²) in [4.78, 5) is 15.9. The van der Waals surface area contributed by atoms with Crippen LogP contribution in [0.5, 0.6) is 0 Å². The lowest BCUT2D eigenvalue weighted by Crippen LogP contribution is -2.26. The van der Waals surface area contributed by atoms with Gasteiger partial charge < -0.3 is 9.80 Å². The molecule has 3 N–H and O–H groups in total. The Kier molecular flexibility index (Phi) is 4.73. The van der Waals surface area contributed by atoms with Crippen molar-refractivity contribution in [1.29, 1.82) is 0 Å². The molecule has 1 rings (SSSR count). The summed E-state index contributed by atoms with van der Waals surface area (Å²) in [5, 5.41) is 0. The second-order valence-corrected chi connectivity index (χ2v) is 3.52. The Morgan fingerprint density at radius 3 is 1.83 bits per heavy atom. The first-order valence-corrected chi connectivity index (χ1v) is 5.14. The minimum atomic E-state index is 0.253. The fraction of sp³-hybridized carbons (Fsp3) is 0.364. The summed E-state index contributed by atoms with van der Waals surface area (Å²) in [7, 11) is 3.56. The Morgan fingerprint density at radius 1 is 1.06 bits per heavy atom. The summed E-state index contributed by atoms with van der Waals surface area (Å²) in [6.07, 6.45) is 10.5. The van der Waals surface area contributed by atoms with E-state index in [1.165, 1.54) is 0 Å². The molecule has 0 atom stereocenters. The summed E-state index contributed by atoms with van der Waals surface area (Å²) >= 11 is 0. The first-order valence-electron chi connectivity index (χ1n) is 5.14. The molecule has 0 aromatic carbocycles. The molecular weight excluding hydrogens is 230 g/mol. The predicted molar refractivity (Wildman–Crippen MR) is 71.8 cm³/mol. The minimum Gasteiger partial charge on any atom is -0.333 e. The van der Waals surface area contributed by atoms with Crippen LogP contribution in [-0.2, 0) is 0 Å². The summed E-state index contributed by atoms with van der Waals surface area (Å²) in [5.74, 6) is 11.4. The highest BCUT2D eigenvalue weighted by atomic mass is 15.4. The molecule has 1 aromatic rings. The van der Waals surface area contributed by atoms with Crippen molar-refractivity contribution in [2.24, 2.45) is 5.84 Å². The van der Waals surface area contributed by atoms with E-state index in [0.717, 1.165) is 0 Å². The van der Waals surface area contributed by atoms with Gasteiger partial charge in [-0.3, -0.25) is 5.43 Å². The lowest BCUT2D eigenvalue weighted by Gasteiger charge is -2.18. The normalized spacial score (nSPS) is 9.17. The van der Waals surface area contributed by atoms with Gasteiger partial charge in [0.15, 0.2) is 0 Å². The number of terminal acetylenes is 2. The van der Waals surface area contributed by atoms with E-state index in [4.69, 9.17) is 18.7 Å². The van der Waals surface area contributed by atoms with Crippen molar-refractivity contribution in [2.45, 2.75) is 0 Å². The first kappa shape index (κ1) is 13.6. The van der Waals surface area contributed by atoms with Crippen LogP contribution >= 0.6 is 0 Å². The van der Waals surface area contributed by atoms with E-state index in [0.29, 0.717) is 25.0 Å². The van der Waals surface area contributed by atoms with Crippen molar-refractivity contribution < 1.29 is 0 Å². The average Bonchev–Trinajstić information content (AvgIpc) is 2.38. The molecule has 18 heavy (non-hydrogen) atoms. The maximum atomic E-state index is 5.32. The number of hydrogen-bond donors (Lipinski definition) is 2. The molecule has 0 saturated heterocycles. The minimum absolute atomic E-state index is 0.253. The van der Waals surface area contributed by atoms with E-state index in [1.807, 2.05) is 0 Å². The number of hydrogen-bond acceptors (Lipinski definition) is 7. The van der Waals surface area contributed by atoms with Gasteiger partial charge in [-0.1, -0.05) is 11.8 Å². The highest BCUT2D eigenvalue weighted by Crippen LogP contribution is 2.13. The van der Waals surface area contributed by atoms with Gasteiger partial charge in [-0.05, 0) is 0 Å². The van der Waals surface area contributed by atoms with Crippen LogP contribution < -0.4 is 21.1 Å². The number of nitrogens with two attached hydrogens (primary N) is 1. The third kappa shape index (κ3) is 3.24. The van der Waals surface area contributed by atoms with Gasteiger partial charge in [-0.2, -0.15) is 15.0 Å². The number of nitrogen functional groups attached to an aromatic ring is 1. The quantitative estimate of drug-likeness (QED) is 0.403. The monoisotopic (exact) mass is 245 g/mol. The van der Waals surface area contributed by atoms with E-state index in [9.17, 15) is 0 Å². The summed E-state index contributed by atoms with van der Waals surface area (Å²) in [6, 6.07) is 0. The zero-order valence-corrected chi connectivity index (χ0v) is 10.4. The fourth-order valence-electron chi connectivity index (χ4n) is 1.18. The highest BCUT2D eigenvalue weighted by molar-refractivity contribution is 5.45. The van der Waals surface area contributed by atoms with Gasteiger partial charge in [0.25, 0.3) is 0 Å². The second kappa shape index (κ2) is 6.28.